The van der Waals surface area contributed by atoms with Crippen molar-refractivity contribution in [1.82, 2.24) is 10.2 Å². The second kappa shape index (κ2) is 7.34. The molecular weight excluding hydrogens is 272 g/mol. The van der Waals surface area contributed by atoms with Gasteiger partial charge in [0, 0.05) is 25.2 Å². The summed E-state index contributed by atoms with van der Waals surface area (Å²) >= 11 is 6.11. The number of allylic oxidation sites excluding steroid dienone is 2. The topological polar surface area (TPSA) is 32.3 Å². The van der Waals surface area contributed by atoms with E-state index in [0.29, 0.717) is 17.5 Å². The van der Waals surface area contributed by atoms with Gasteiger partial charge in [-0.3, -0.25) is 0 Å². The van der Waals surface area contributed by atoms with Crippen LogP contribution in [0.4, 0.5) is 4.79 Å². The molecule has 0 fully saturated rings. The smallest absolute Gasteiger partial charge is 0.317 e. The third kappa shape index (κ3) is 4.27. The average Bonchev–Trinajstić information content (AvgIpc) is 2.48. The summed E-state index contributed by atoms with van der Waals surface area (Å²) in [6.07, 6.45) is 7.76. The molecule has 1 atom stereocenters. The highest BCUT2D eigenvalue weighted by Crippen LogP contribution is 2.18. The molecule has 108 valence electrons. The summed E-state index contributed by atoms with van der Waals surface area (Å²) < 4.78 is 0. The Morgan fingerprint density at radius 1 is 1.40 bits per heavy atom. The molecule has 0 aromatic heterocycles. The first kappa shape index (κ1) is 14.9. The molecule has 0 saturated heterocycles. The maximum absolute atomic E-state index is 12.1. The number of urea groups is 1. The van der Waals surface area contributed by atoms with E-state index >= 15 is 0 Å². The maximum atomic E-state index is 12.1. The second-order valence-electron chi connectivity index (χ2n) is 5.28. The van der Waals surface area contributed by atoms with Gasteiger partial charge < -0.3 is 10.2 Å². The van der Waals surface area contributed by atoms with E-state index < -0.39 is 0 Å². The van der Waals surface area contributed by atoms with E-state index in [4.69, 9.17) is 11.6 Å². The quantitative estimate of drug-likeness (QED) is 0.840. The second-order valence-corrected chi connectivity index (χ2v) is 5.69. The summed E-state index contributed by atoms with van der Waals surface area (Å²) in [7, 11) is 1.79. The van der Waals surface area contributed by atoms with Gasteiger partial charge >= 0.3 is 6.03 Å². The summed E-state index contributed by atoms with van der Waals surface area (Å²) in [5, 5.41) is 3.70. The summed E-state index contributed by atoms with van der Waals surface area (Å²) in [5.41, 5.74) is 0.965. The van der Waals surface area contributed by atoms with Gasteiger partial charge in [-0.25, -0.2) is 4.79 Å². The Morgan fingerprint density at radius 3 is 2.90 bits per heavy atom. The number of hydrogen-bond donors (Lipinski definition) is 1. The zero-order chi connectivity index (χ0) is 14.4. The van der Waals surface area contributed by atoms with Crippen LogP contribution in [-0.4, -0.2) is 24.5 Å². The number of halogens is 1. The van der Waals surface area contributed by atoms with Crippen LogP contribution >= 0.6 is 11.6 Å². The Hall–Kier alpha value is -1.48. The summed E-state index contributed by atoms with van der Waals surface area (Å²) in [6, 6.07) is 7.57. The first-order valence-electron chi connectivity index (χ1n) is 7.04. The van der Waals surface area contributed by atoms with Gasteiger partial charge in [-0.05, 0) is 36.8 Å². The van der Waals surface area contributed by atoms with Crippen LogP contribution in [0.3, 0.4) is 0 Å². The molecule has 3 nitrogen and oxygen atoms in total. The zero-order valence-electron chi connectivity index (χ0n) is 11.8. The molecule has 0 radical (unpaired) electrons. The number of hydrogen-bond acceptors (Lipinski definition) is 1. The van der Waals surface area contributed by atoms with Gasteiger partial charge in [0.1, 0.15) is 0 Å². The van der Waals surface area contributed by atoms with Gasteiger partial charge in [0.2, 0.25) is 0 Å². The van der Waals surface area contributed by atoms with Gasteiger partial charge in [-0.1, -0.05) is 42.0 Å². The molecule has 1 aromatic carbocycles. The van der Waals surface area contributed by atoms with Crippen molar-refractivity contribution in [3.63, 3.8) is 0 Å². The van der Waals surface area contributed by atoms with Gasteiger partial charge in [0.15, 0.2) is 0 Å². The van der Waals surface area contributed by atoms with E-state index in [1.54, 1.807) is 11.9 Å². The van der Waals surface area contributed by atoms with Crippen molar-refractivity contribution >= 4 is 17.6 Å². The SMILES string of the molecule is CN(Cc1ccccc1Cl)C(=O)NCC1CC=CCC1. The fourth-order valence-corrected chi connectivity index (χ4v) is 2.56. The van der Waals surface area contributed by atoms with E-state index in [9.17, 15) is 4.79 Å². The Balaban J connectivity index is 1.80. The fourth-order valence-electron chi connectivity index (χ4n) is 2.36. The van der Waals surface area contributed by atoms with E-state index in [1.165, 1.54) is 0 Å². The average molecular weight is 293 g/mol. The minimum atomic E-state index is -0.0422. The van der Waals surface area contributed by atoms with E-state index in [1.807, 2.05) is 24.3 Å². The Labute approximate surface area is 125 Å². The zero-order valence-corrected chi connectivity index (χ0v) is 12.6. The predicted octanol–water partition coefficient (Wildman–Crippen LogP) is 3.84. The molecule has 0 heterocycles. The van der Waals surface area contributed by atoms with Crippen LogP contribution < -0.4 is 5.32 Å². The van der Waals surface area contributed by atoms with Crippen molar-refractivity contribution in [3.8, 4) is 0 Å². The molecule has 4 heteroatoms. The van der Waals surface area contributed by atoms with Crippen LogP contribution in [0, 0.1) is 5.92 Å². The minimum absolute atomic E-state index is 0.0422. The number of benzene rings is 1. The highest BCUT2D eigenvalue weighted by Gasteiger charge is 2.14. The number of nitrogens with zero attached hydrogens (tertiary/aromatic N) is 1. The van der Waals surface area contributed by atoms with Gasteiger partial charge in [-0.2, -0.15) is 0 Å². The first-order chi connectivity index (χ1) is 9.66. The van der Waals surface area contributed by atoms with Crippen molar-refractivity contribution in [2.75, 3.05) is 13.6 Å². The van der Waals surface area contributed by atoms with Gasteiger partial charge in [0.25, 0.3) is 0 Å². The van der Waals surface area contributed by atoms with E-state index in [0.717, 1.165) is 31.4 Å². The molecule has 1 aliphatic rings. The van der Waals surface area contributed by atoms with Crippen LogP contribution in [0.15, 0.2) is 36.4 Å². The van der Waals surface area contributed by atoms with Crippen LogP contribution in [0.2, 0.25) is 5.02 Å². The Bertz CT molecular complexity index is 487. The maximum Gasteiger partial charge on any atom is 0.317 e. The van der Waals surface area contributed by atoms with Crippen molar-refractivity contribution in [2.24, 2.45) is 5.92 Å². The standard InChI is InChI=1S/C16H21ClN2O/c1-19(12-14-9-5-6-10-15(14)17)16(20)18-11-13-7-3-2-4-8-13/h2-3,5-6,9-10,13H,4,7-8,11-12H2,1H3,(H,18,20). The van der Waals surface area contributed by atoms with Crippen LogP contribution in [0.25, 0.3) is 0 Å². The third-order valence-corrected chi connectivity index (χ3v) is 4.00. The molecule has 0 aliphatic heterocycles. The molecule has 1 aliphatic carbocycles. The summed E-state index contributed by atoms with van der Waals surface area (Å²) in [5.74, 6) is 0.567. The monoisotopic (exact) mass is 292 g/mol. The first-order valence-corrected chi connectivity index (χ1v) is 7.42. The summed E-state index contributed by atoms with van der Waals surface area (Å²) in [6.45, 7) is 1.27. The molecule has 0 saturated carbocycles. The number of carbonyl (C=O) groups is 1. The van der Waals surface area contributed by atoms with Crippen molar-refractivity contribution in [1.29, 1.82) is 0 Å². The lowest BCUT2D eigenvalue weighted by atomic mass is 9.94. The molecule has 0 spiro atoms. The van der Waals surface area contributed by atoms with E-state index in [2.05, 4.69) is 17.5 Å². The molecule has 0 bridgehead atoms. The number of carbonyl (C=O) groups excluding carboxylic acids is 1. The largest absolute Gasteiger partial charge is 0.338 e. The van der Waals surface area contributed by atoms with Gasteiger partial charge in [0.05, 0.1) is 0 Å². The molecule has 2 amide bonds. The minimum Gasteiger partial charge on any atom is -0.338 e. The molecule has 1 unspecified atom stereocenters. The normalized spacial score (nSPS) is 17.8. The lowest BCUT2D eigenvalue weighted by Gasteiger charge is -2.22. The summed E-state index contributed by atoms with van der Waals surface area (Å²) in [4.78, 5) is 13.7. The highest BCUT2D eigenvalue weighted by molar-refractivity contribution is 6.31. The lowest BCUT2D eigenvalue weighted by molar-refractivity contribution is 0.204. The molecule has 2 rings (SSSR count). The number of nitrogens with one attached hydrogen (secondary N) is 1. The van der Waals surface area contributed by atoms with Crippen molar-refractivity contribution in [3.05, 3.63) is 47.0 Å². The highest BCUT2D eigenvalue weighted by atomic mass is 35.5. The van der Waals surface area contributed by atoms with Crippen molar-refractivity contribution in [2.45, 2.75) is 25.8 Å². The van der Waals surface area contributed by atoms with Crippen LogP contribution in [0.5, 0.6) is 0 Å². The van der Waals surface area contributed by atoms with E-state index in [-0.39, 0.29) is 6.03 Å². The number of amides is 2. The fraction of sp³-hybridized carbons (Fsp3) is 0.438. The van der Waals surface area contributed by atoms with Crippen molar-refractivity contribution < 1.29 is 4.79 Å². The number of rotatable bonds is 4. The lowest BCUT2D eigenvalue weighted by Crippen LogP contribution is -2.39. The van der Waals surface area contributed by atoms with Crippen LogP contribution in [0.1, 0.15) is 24.8 Å². The van der Waals surface area contributed by atoms with Crippen LogP contribution in [-0.2, 0) is 6.54 Å². The molecule has 20 heavy (non-hydrogen) atoms. The molecule has 1 aromatic rings. The Kier molecular flexibility index (Phi) is 5.48. The molecular formula is C16H21ClN2O. The molecule has 1 N–H and O–H groups in total. The Morgan fingerprint density at radius 2 is 2.20 bits per heavy atom. The van der Waals surface area contributed by atoms with Gasteiger partial charge in [-0.15, -0.1) is 0 Å². The predicted molar refractivity (Wildman–Crippen MR) is 82.8 cm³/mol. The third-order valence-electron chi connectivity index (χ3n) is 3.63.